The molecule has 0 atom stereocenters. The Morgan fingerprint density at radius 2 is 0.800 bits per heavy atom. The van der Waals surface area contributed by atoms with Gasteiger partial charge in [0.1, 0.15) is 0 Å². The quantitative estimate of drug-likeness (QED) is 0.382. The Balaban J connectivity index is -0.0000000750. The van der Waals surface area contributed by atoms with Gasteiger partial charge in [0.05, 0.1) is 0 Å². The molecular weight excluding hydrogens is 120 g/mol. The van der Waals surface area contributed by atoms with E-state index in [-0.39, 0.29) is 0 Å². The predicted molar refractivity (Wildman–Crippen MR) is 52.1 cm³/mol. The summed E-state index contributed by atoms with van der Waals surface area (Å²) < 4.78 is 0. The molecule has 0 unspecified atom stereocenters. The van der Waals surface area contributed by atoms with Gasteiger partial charge in [0.15, 0.2) is 0 Å². The number of hydrogen-bond donors (Lipinski definition) is 0. The van der Waals surface area contributed by atoms with E-state index in [1.807, 2.05) is 13.8 Å². The molecule has 0 radical (unpaired) electrons. The lowest BCUT2D eigenvalue weighted by atomic mass is 10.6. The van der Waals surface area contributed by atoms with Crippen molar-refractivity contribution in [2.75, 3.05) is 0 Å². The van der Waals surface area contributed by atoms with E-state index in [9.17, 15) is 0 Å². The Kier molecular flexibility index (Phi) is 70.3. The molecule has 0 aliphatic rings. The van der Waals surface area contributed by atoms with Crippen LogP contribution in [0.3, 0.4) is 0 Å². The third kappa shape index (κ3) is 155000. The van der Waals surface area contributed by atoms with E-state index in [2.05, 4.69) is 26.3 Å². The van der Waals surface area contributed by atoms with Gasteiger partial charge in [-0.1, -0.05) is 37.5 Å². The molecule has 0 heterocycles. The Morgan fingerprint density at radius 1 is 0.700 bits per heavy atom. The van der Waals surface area contributed by atoms with E-state index in [0.29, 0.717) is 0 Å². The lowest BCUT2D eigenvalue weighted by Gasteiger charge is -1.44. The van der Waals surface area contributed by atoms with Crippen molar-refractivity contribution in [2.24, 2.45) is 0 Å². The van der Waals surface area contributed by atoms with Crippen LogP contribution in [-0.4, -0.2) is 0 Å². The van der Waals surface area contributed by atoms with Crippen molar-refractivity contribution >= 4 is 0 Å². The van der Waals surface area contributed by atoms with Crippen LogP contribution in [0.5, 0.6) is 0 Å². The van der Waals surface area contributed by atoms with Crippen LogP contribution in [0.2, 0.25) is 0 Å². The second kappa shape index (κ2) is 44.0. The van der Waals surface area contributed by atoms with Crippen molar-refractivity contribution in [3.63, 3.8) is 0 Å². The summed E-state index contributed by atoms with van der Waals surface area (Å²) in [7, 11) is 0. The van der Waals surface area contributed by atoms with Gasteiger partial charge in [0.25, 0.3) is 0 Å². The Morgan fingerprint density at radius 3 is 0.800 bits per heavy atom. The van der Waals surface area contributed by atoms with Gasteiger partial charge < -0.3 is 0 Å². The molecular formula is C10H18. The highest BCUT2D eigenvalue weighted by molar-refractivity contribution is 4.88. The van der Waals surface area contributed by atoms with Gasteiger partial charge in [0, 0.05) is 0 Å². The standard InChI is InChI=1S/C4H6.2C3H6/c1-3-4-2;2*1-3-2/h3-4H,1-2H2;2*3H,1H2,2H3. The maximum Gasteiger partial charge on any atom is -0.0473 e. The Hall–Kier alpha value is -1.04. The van der Waals surface area contributed by atoms with Gasteiger partial charge in [-0.05, 0) is 13.8 Å². The zero-order valence-corrected chi connectivity index (χ0v) is 7.14. The molecule has 0 saturated heterocycles. The van der Waals surface area contributed by atoms with Crippen LogP contribution in [0, 0.1) is 0 Å². The zero-order chi connectivity index (χ0) is 8.83. The SMILES string of the molecule is C=CC.C=CC.C=CC=C. The predicted octanol–water partition coefficient (Wildman–Crippen LogP) is 3.74. The lowest BCUT2D eigenvalue weighted by Crippen LogP contribution is -1.21. The van der Waals surface area contributed by atoms with Gasteiger partial charge >= 0.3 is 0 Å². The van der Waals surface area contributed by atoms with E-state index in [1.54, 1.807) is 24.3 Å². The highest BCUT2D eigenvalue weighted by Gasteiger charge is 1.29. The monoisotopic (exact) mass is 138 g/mol. The van der Waals surface area contributed by atoms with Gasteiger partial charge in [-0.2, -0.15) is 0 Å². The summed E-state index contributed by atoms with van der Waals surface area (Å²) in [6.45, 7) is 17.2. The van der Waals surface area contributed by atoms with E-state index in [1.165, 1.54) is 0 Å². The van der Waals surface area contributed by atoms with Crippen molar-refractivity contribution in [3.05, 3.63) is 50.6 Å². The molecule has 0 aromatic carbocycles. The minimum atomic E-state index is 1.64. The fraction of sp³-hybridized carbons (Fsp3) is 0.200. The van der Waals surface area contributed by atoms with Crippen molar-refractivity contribution < 1.29 is 0 Å². The molecule has 0 nitrogen and oxygen atoms in total. The highest BCUT2D eigenvalue weighted by Crippen LogP contribution is 1.52. The van der Waals surface area contributed by atoms with Crippen LogP contribution in [0.15, 0.2) is 50.6 Å². The van der Waals surface area contributed by atoms with Crippen LogP contribution in [0.25, 0.3) is 0 Å². The molecule has 0 aromatic heterocycles. The maximum absolute atomic E-state index is 3.36. The average molecular weight is 138 g/mol. The first kappa shape index (κ1) is 16.0. The second-order valence-electron chi connectivity index (χ2n) is 1.29. The van der Waals surface area contributed by atoms with Crippen LogP contribution in [-0.2, 0) is 0 Å². The Bertz CT molecular complexity index is 66.0. The molecule has 0 aromatic rings. The highest BCUT2D eigenvalue weighted by atomic mass is 13.4. The van der Waals surface area contributed by atoms with Crippen LogP contribution >= 0.6 is 0 Å². The number of hydrogen-bond acceptors (Lipinski definition) is 0. The molecule has 0 amide bonds. The van der Waals surface area contributed by atoms with Crippen molar-refractivity contribution in [1.82, 2.24) is 0 Å². The molecule has 0 aliphatic heterocycles. The number of allylic oxidation sites excluding steroid dienone is 4. The minimum Gasteiger partial charge on any atom is -0.103 e. The molecule has 58 valence electrons. The topological polar surface area (TPSA) is 0 Å². The van der Waals surface area contributed by atoms with Crippen LogP contribution in [0.1, 0.15) is 13.8 Å². The van der Waals surface area contributed by atoms with Crippen molar-refractivity contribution in [2.45, 2.75) is 13.8 Å². The summed E-state index contributed by atoms with van der Waals surface area (Å²) in [5.74, 6) is 0. The Labute approximate surface area is 65.3 Å². The third-order valence-corrected chi connectivity index (χ3v) is 0.167. The normalized spacial score (nSPS) is 4.60. The van der Waals surface area contributed by atoms with Gasteiger partial charge in [-0.15, -0.1) is 13.2 Å². The average Bonchev–Trinajstić information content (AvgIpc) is 1.91. The molecule has 0 rings (SSSR count). The third-order valence-electron chi connectivity index (χ3n) is 0.167. The van der Waals surface area contributed by atoms with E-state index in [0.717, 1.165) is 0 Å². The molecule has 10 heavy (non-hydrogen) atoms. The molecule has 0 aliphatic carbocycles. The first-order chi connectivity index (χ1) is 4.74. The van der Waals surface area contributed by atoms with Crippen LogP contribution in [0.4, 0.5) is 0 Å². The summed E-state index contributed by atoms with van der Waals surface area (Å²) in [5.41, 5.74) is 0. The summed E-state index contributed by atoms with van der Waals surface area (Å²) in [6, 6.07) is 0. The van der Waals surface area contributed by atoms with Crippen LogP contribution < -0.4 is 0 Å². The summed E-state index contributed by atoms with van der Waals surface area (Å²) in [5, 5.41) is 0. The van der Waals surface area contributed by atoms with E-state index in [4.69, 9.17) is 0 Å². The largest absolute Gasteiger partial charge is 0.103 e. The molecule has 0 fully saturated rings. The summed E-state index contributed by atoms with van der Waals surface area (Å²) >= 11 is 0. The molecule has 0 N–H and O–H groups in total. The summed E-state index contributed by atoms with van der Waals surface area (Å²) in [4.78, 5) is 0. The maximum atomic E-state index is 3.36. The molecule has 0 heteroatoms. The van der Waals surface area contributed by atoms with Gasteiger partial charge in [-0.25, -0.2) is 0 Å². The minimum absolute atomic E-state index is 1.64. The number of rotatable bonds is 1. The van der Waals surface area contributed by atoms with E-state index < -0.39 is 0 Å². The van der Waals surface area contributed by atoms with Crippen molar-refractivity contribution in [3.8, 4) is 0 Å². The second-order valence-corrected chi connectivity index (χ2v) is 1.29. The smallest absolute Gasteiger partial charge is 0.0473 e. The fourth-order valence-electron chi connectivity index (χ4n) is 0. The first-order valence-electron chi connectivity index (χ1n) is 3.12. The van der Waals surface area contributed by atoms with Crippen molar-refractivity contribution in [1.29, 1.82) is 0 Å². The first-order valence-corrected chi connectivity index (χ1v) is 3.12. The molecule has 0 bridgehead atoms. The van der Waals surface area contributed by atoms with Gasteiger partial charge in [0.2, 0.25) is 0 Å². The van der Waals surface area contributed by atoms with E-state index >= 15 is 0 Å². The van der Waals surface area contributed by atoms with Gasteiger partial charge in [-0.3, -0.25) is 0 Å². The zero-order valence-electron chi connectivity index (χ0n) is 7.14. The summed E-state index contributed by atoms with van der Waals surface area (Å²) in [6.07, 6.45) is 6.78. The molecule has 0 spiro atoms. The lowest BCUT2D eigenvalue weighted by molar-refractivity contribution is 1.80. The molecule has 0 saturated carbocycles. The fourth-order valence-corrected chi connectivity index (χ4v) is 0.